The molecule has 0 unspecified atom stereocenters. The number of carbonyl (C=O) groups excluding carboxylic acids is 4. The smallest absolute Gasteiger partial charge is 0.303 e. The molecule has 1 aromatic rings. The minimum absolute atomic E-state index is 0.0610. The number of fused-ring (bicyclic) bond motifs is 1. The zero-order chi connectivity index (χ0) is 23.4. The van der Waals surface area contributed by atoms with Crippen LogP contribution in [0.25, 0.3) is 0 Å². The molecule has 0 aliphatic carbocycles. The zero-order valence-corrected chi connectivity index (χ0v) is 19.3. The summed E-state index contributed by atoms with van der Waals surface area (Å²) in [5.41, 5.74) is 2.14. The van der Waals surface area contributed by atoms with E-state index in [9.17, 15) is 19.2 Å². The lowest BCUT2D eigenvalue weighted by molar-refractivity contribution is -0.185. The number of hydrogen-bond acceptors (Lipinski definition) is 10. The van der Waals surface area contributed by atoms with Crippen molar-refractivity contribution >= 4 is 41.3 Å². The molecule has 1 saturated heterocycles. The molecule has 32 heavy (non-hydrogen) atoms. The highest BCUT2D eigenvalue weighted by Gasteiger charge is 2.53. The maximum atomic E-state index is 12.0. The van der Waals surface area contributed by atoms with Gasteiger partial charge in [-0.05, 0) is 18.1 Å². The number of nitrogens with zero attached hydrogens (tertiary/aromatic N) is 1. The van der Waals surface area contributed by atoms with E-state index < -0.39 is 52.8 Å². The summed E-state index contributed by atoms with van der Waals surface area (Å²) in [4.78, 5) is 49.4. The van der Waals surface area contributed by atoms with E-state index >= 15 is 0 Å². The molecule has 174 valence electrons. The molecule has 1 aromatic carbocycles. The summed E-state index contributed by atoms with van der Waals surface area (Å²) >= 11 is 1.37. The largest absolute Gasteiger partial charge is 0.465 e. The summed E-state index contributed by atoms with van der Waals surface area (Å²) in [6.07, 6.45) is -2.15. The fraction of sp³-hybridized carbons (Fsp3) is 0.545. The molecule has 1 fully saturated rings. The Morgan fingerprint density at radius 3 is 2.09 bits per heavy atom. The lowest BCUT2D eigenvalue weighted by atomic mass is 10.0. The highest BCUT2D eigenvalue weighted by Crippen LogP contribution is 2.43. The predicted octanol–water partition coefficient (Wildman–Crippen LogP) is 1.85. The molecule has 0 saturated carbocycles. The highest BCUT2D eigenvalue weighted by molar-refractivity contribution is 8.00. The van der Waals surface area contributed by atoms with E-state index in [0.717, 1.165) is 17.7 Å². The number of esters is 4. The van der Waals surface area contributed by atoms with Gasteiger partial charge >= 0.3 is 23.9 Å². The number of para-hydroxylation sites is 1. The van der Waals surface area contributed by atoms with Crippen molar-refractivity contribution in [2.24, 2.45) is 0 Å². The maximum absolute atomic E-state index is 12.0. The van der Waals surface area contributed by atoms with Crippen molar-refractivity contribution in [3.63, 3.8) is 0 Å². The van der Waals surface area contributed by atoms with Crippen LogP contribution >= 0.6 is 11.8 Å². The fourth-order valence-electron chi connectivity index (χ4n) is 4.08. The first kappa shape index (κ1) is 23.9. The Balaban J connectivity index is 2.03. The van der Waals surface area contributed by atoms with Gasteiger partial charge in [0.25, 0.3) is 0 Å². The topological polar surface area (TPSA) is 108 Å². The molecule has 0 spiro atoms. The van der Waals surface area contributed by atoms with Crippen molar-refractivity contribution in [1.82, 2.24) is 0 Å². The van der Waals surface area contributed by atoms with Crippen molar-refractivity contribution in [3.8, 4) is 0 Å². The molecule has 0 aromatic heterocycles. The summed E-state index contributed by atoms with van der Waals surface area (Å²) in [6.45, 7) is 5.64. The Labute approximate surface area is 190 Å². The van der Waals surface area contributed by atoms with Crippen LogP contribution < -0.4 is 4.90 Å². The lowest BCUT2D eigenvalue weighted by Gasteiger charge is -2.47. The van der Waals surface area contributed by atoms with Gasteiger partial charge < -0.3 is 23.8 Å². The number of rotatable bonds is 6. The third-order valence-corrected chi connectivity index (χ3v) is 6.75. The van der Waals surface area contributed by atoms with Gasteiger partial charge in [0.2, 0.25) is 0 Å². The normalized spacial score (nSPS) is 26.6. The Morgan fingerprint density at radius 2 is 1.47 bits per heavy atom. The molecule has 2 aliphatic rings. The van der Waals surface area contributed by atoms with E-state index in [2.05, 4.69) is 4.90 Å². The Hall–Kier alpha value is -2.75. The van der Waals surface area contributed by atoms with Gasteiger partial charge in [-0.25, -0.2) is 0 Å². The Morgan fingerprint density at radius 1 is 0.875 bits per heavy atom. The predicted molar refractivity (Wildman–Crippen MR) is 116 cm³/mol. The number of ether oxygens (including phenoxy) is 4. The molecular weight excluding hydrogens is 438 g/mol. The second kappa shape index (κ2) is 10.2. The molecule has 10 heteroatoms. The quantitative estimate of drug-likeness (QED) is 0.456. The van der Waals surface area contributed by atoms with E-state index in [-0.39, 0.29) is 6.61 Å². The van der Waals surface area contributed by atoms with Crippen LogP contribution in [0.2, 0.25) is 0 Å². The first-order chi connectivity index (χ1) is 15.2. The van der Waals surface area contributed by atoms with Gasteiger partial charge in [-0.3, -0.25) is 19.2 Å². The highest BCUT2D eigenvalue weighted by atomic mass is 32.2. The zero-order valence-electron chi connectivity index (χ0n) is 18.4. The molecule has 5 atom stereocenters. The van der Waals surface area contributed by atoms with Crippen LogP contribution in [0, 0.1) is 0 Å². The molecule has 2 heterocycles. The van der Waals surface area contributed by atoms with Gasteiger partial charge in [-0.1, -0.05) is 18.2 Å². The lowest BCUT2D eigenvalue weighted by Crippen LogP contribution is -2.62. The van der Waals surface area contributed by atoms with Gasteiger partial charge in [-0.15, -0.1) is 11.8 Å². The van der Waals surface area contributed by atoms with Gasteiger partial charge in [-0.2, -0.15) is 0 Å². The Bertz CT molecular complexity index is 890. The van der Waals surface area contributed by atoms with Crippen LogP contribution in [-0.2, 0) is 44.5 Å². The van der Waals surface area contributed by atoms with Crippen molar-refractivity contribution in [2.45, 2.75) is 63.1 Å². The van der Waals surface area contributed by atoms with Crippen LogP contribution in [0.1, 0.15) is 33.3 Å². The molecule has 0 N–H and O–H groups in total. The molecule has 3 rings (SSSR count). The number of anilines is 1. The third kappa shape index (κ3) is 5.53. The van der Waals surface area contributed by atoms with Crippen molar-refractivity contribution in [3.05, 3.63) is 29.8 Å². The minimum Gasteiger partial charge on any atom is -0.465 e. The third-order valence-electron chi connectivity index (χ3n) is 5.20. The van der Waals surface area contributed by atoms with E-state index in [0.29, 0.717) is 6.54 Å². The van der Waals surface area contributed by atoms with E-state index in [1.165, 1.54) is 39.5 Å². The number of carbonyl (C=O) groups is 4. The summed E-state index contributed by atoms with van der Waals surface area (Å²) in [5.74, 6) is -2.23. The van der Waals surface area contributed by atoms with Crippen LogP contribution in [0.15, 0.2) is 24.3 Å². The van der Waals surface area contributed by atoms with Crippen LogP contribution in [0.4, 0.5) is 5.69 Å². The first-order valence-corrected chi connectivity index (χ1v) is 11.3. The van der Waals surface area contributed by atoms with Crippen molar-refractivity contribution < 1.29 is 38.1 Å². The van der Waals surface area contributed by atoms with E-state index in [1.54, 1.807) is 0 Å². The second-order valence-electron chi connectivity index (χ2n) is 7.66. The van der Waals surface area contributed by atoms with Gasteiger partial charge in [0.1, 0.15) is 12.0 Å². The fourth-order valence-corrected chi connectivity index (χ4v) is 5.69. The Kier molecular flexibility index (Phi) is 7.65. The average Bonchev–Trinajstić information content (AvgIpc) is 3.12. The van der Waals surface area contributed by atoms with Crippen molar-refractivity contribution in [1.29, 1.82) is 0 Å². The number of hydrogen-bond donors (Lipinski definition) is 0. The molecular formula is C22H27NO8S. The summed E-state index contributed by atoms with van der Waals surface area (Å²) in [7, 11) is 0. The molecule has 9 nitrogen and oxygen atoms in total. The van der Waals surface area contributed by atoms with E-state index in [4.69, 9.17) is 18.9 Å². The van der Waals surface area contributed by atoms with Gasteiger partial charge in [0, 0.05) is 39.9 Å². The second-order valence-corrected chi connectivity index (χ2v) is 9.02. The first-order valence-electron chi connectivity index (χ1n) is 10.3. The maximum Gasteiger partial charge on any atom is 0.303 e. The van der Waals surface area contributed by atoms with Crippen LogP contribution in [-0.4, -0.2) is 66.0 Å². The molecule has 2 aliphatic heterocycles. The van der Waals surface area contributed by atoms with Crippen LogP contribution in [0.3, 0.4) is 0 Å². The summed E-state index contributed by atoms with van der Waals surface area (Å²) < 4.78 is 21.9. The summed E-state index contributed by atoms with van der Waals surface area (Å²) in [6, 6.07) is 7.90. The average molecular weight is 466 g/mol. The summed E-state index contributed by atoms with van der Waals surface area (Å²) in [5, 5.41) is -1.00. The SMILES string of the molecule is CC(=O)OC[C@@H]1S[C@H](N2CCc3ccccc32)[C@H](OC(C)=O)[C@@H](OC(C)=O)[C@@H]1OC(C)=O. The van der Waals surface area contributed by atoms with Crippen molar-refractivity contribution in [2.75, 3.05) is 18.1 Å². The van der Waals surface area contributed by atoms with Gasteiger partial charge in [0.05, 0.1) is 5.25 Å². The number of benzene rings is 1. The monoisotopic (exact) mass is 465 g/mol. The van der Waals surface area contributed by atoms with Crippen LogP contribution in [0.5, 0.6) is 0 Å². The van der Waals surface area contributed by atoms with Gasteiger partial charge in [0.15, 0.2) is 18.3 Å². The molecule has 0 amide bonds. The number of thioether (sulfide) groups is 1. The standard InChI is InChI=1S/C22H27NO8S/c1-12(24)28-11-18-19(29-13(2)25)20(30-14(3)26)21(31-15(4)27)22(32-18)23-10-9-16-7-5-6-8-17(16)23/h5-8,18-22H,9-11H2,1-4H3/t18-,19+,20-,21+,22-/m0/s1. The molecule has 0 bridgehead atoms. The minimum atomic E-state index is -1.07. The van der Waals surface area contributed by atoms with E-state index in [1.807, 2.05) is 24.3 Å². The molecule has 0 radical (unpaired) electrons.